The van der Waals surface area contributed by atoms with E-state index in [4.69, 9.17) is 9.47 Å². The Morgan fingerprint density at radius 3 is 2.24 bits per heavy atom. The Kier molecular flexibility index (Phi) is 5.14. The molecule has 0 aromatic heterocycles. The molecule has 3 heteroatoms. The first-order valence-electron chi connectivity index (χ1n) is 6.62. The number of ether oxygens (including phenoxy) is 2. The van der Waals surface area contributed by atoms with Crippen LogP contribution in [0.4, 0.5) is 0 Å². The zero-order valence-corrected chi connectivity index (χ0v) is 11.7. The van der Waals surface area contributed by atoms with Gasteiger partial charge in [-0.2, -0.15) is 0 Å². The highest BCUT2D eigenvalue weighted by Gasteiger charge is 2.43. The lowest BCUT2D eigenvalue weighted by Gasteiger charge is -2.41. The minimum atomic E-state index is -0.580. The van der Waals surface area contributed by atoms with E-state index >= 15 is 0 Å². The quantitative estimate of drug-likeness (QED) is 0.672. The Hall–Kier alpha value is -0.410. The summed E-state index contributed by atoms with van der Waals surface area (Å²) in [7, 11) is 1.65. The van der Waals surface area contributed by atoms with E-state index in [2.05, 4.69) is 13.8 Å². The lowest BCUT2D eigenvalue weighted by atomic mass is 9.69. The SMILES string of the molecule is CCCOCC(=O)C1(OC)CCC(C)(C)CC1. The van der Waals surface area contributed by atoms with Crippen molar-refractivity contribution in [2.45, 2.75) is 58.5 Å². The maximum Gasteiger partial charge on any atom is 0.190 e. The van der Waals surface area contributed by atoms with Gasteiger partial charge in [-0.25, -0.2) is 0 Å². The molecule has 0 heterocycles. The van der Waals surface area contributed by atoms with Crippen LogP contribution in [0.1, 0.15) is 52.9 Å². The van der Waals surface area contributed by atoms with Gasteiger partial charge in [0, 0.05) is 13.7 Å². The average Bonchev–Trinajstić information content (AvgIpc) is 2.30. The summed E-state index contributed by atoms with van der Waals surface area (Å²) in [5.41, 5.74) is -0.240. The summed E-state index contributed by atoms with van der Waals surface area (Å²) < 4.78 is 10.9. The van der Waals surface area contributed by atoms with Crippen molar-refractivity contribution in [3.63, 3.8) is 0 Å². The fourth-order valence-electron chi connectivity index (χ4n) is 2.37. The molecule has 0 radical (unpaired) electrons. The molecular formula is C14H26O3. The first-order chi connectivity index (χ1) is 7.96. The molecule has 0 unspecified atom stereocenters. The fraction of sp³-hybridized carbons (Fsp3) is 0.929. The van der Waals surface area contributed by atoms with E-state index in [-0.39, 0.29) is 12.4 Å². The van der Waals surface area contributed by atoms with Crippen LogP contribution in [-0.4, -0.2) is 31.7 Å². The first-order valence-corrected chi connectivity index (χ1v) is 6.62. The van der Waals surface area contributed by atoms with Crippen molar-refractivity contribution in [3.05, 3.63) is 0 Å². The highest BCUT2D eigenvalue weighted by atomic mass is 16.5. The van der Waals surface area contributed by atoms with Gasteiger partial charge in [-0.1, -0.05) is 20.8 Å². The minimum absolute atomic E-state index is 0.115. The molecule has 0 amide bonds. The molecule has 1 saturated carbocycles. The Balaban J connectivity index is 2.54. The Labute approximate surface area is 105 Å². The zero-order chi connectivity index (χ0) is 12.9. The Morgan fingerprint density at radius 2 is 1.76 bits per heavy atom. The Bertz CT molecular complexity index is 248. The summed E-state index contributed by atoms with van der Waals surface area (Å²) in [4.78, 5) is 12.2. The van der Waals surface area contributed by atoms with Crippen LogP contribution in [0.2, 0.25) is 0 Å². The van der Waals surface area contributed by atoms with Gasteiger partial charge in [-0.15, -0.1) is 0 Å². The van der Waals surface area contributed by atoms with Crippen LogP contribution in [0.5, 0.6) is 0 Å². The second-order valence-corrected chi connectivity index (χ2v) is 5.84. The zero-order valence-electron chi connectivity index (χ0n) is 11.7. The van der Waals surface area contributed by atoms with E-state index in [1.54, 1.807) is 7.11 Å². The van der Waals surface area contributed by atoms with Gasteiger partial charge in [0.2, 0.25) is 0 Å². The number of hydrogen-bond acceptors (Lipinski definition) is 3. The fourth-order valence-corrected chi connectivity index (χ4v) is 2.37. The number of Topliss-reactive ketones (excluding diaryl/α,β-unsaturated/α-hetero) is 1. The lowest BCUT2D eigenvalue weighted by Crippen LogP contribution is -2.47. The van der Waals surface area contributed by atoms with E-state index in [1.807, 2.05) is 6.92 Å². The van der Waals surface area contributed by atoms with Crippen molar-refractivity contribution < 1.29 is 14.3 Å². The maximum absolute atomic E-state index is 12.2. The molecule has 1 fully saturated rings. The highest BCUT2D eigenvalue weighted by molar-refractivity contribution is 5.88. The predicted octanol–water partition coefficient (Wildman–Crippen LogP) is 2.97. The molecule has 0 spiro atoms. The molecule has 0 atom stereocenters. The summed E-state index contributed by atoms with van der Waals surface area (Å²) in [6.07, 6.45) is 4.68. The monoisotopic (exact) mass is 242 g/mol. The first kappa shape index (κ1) is 14.7. The smallest absolute Gasteiger partial charge is 0.190 e. The number of carbonyl (C=O) groups excluding carboxylic acids is 1. The van der Waals surface area contributed by atoms with Crippen LogP contribution in [0.15, 0.2) is 0 Å². The normalized spacial score (nSPS) is 22.4. The second-order valence-electron chi connectivity index (χ2n) is 5.84. The highest BCUT2D eigenvalue weighted by Crippen LogP contribution is 2.42. The van der Waals surface area contributed by atoms with E-state index in [9.17, 15) is 4.79 Å². The van der Waals surface area contributed by atoms with Crippen LogP contribution in [0.3, 0.4) is 0 Å². The maximum atomic E-state index is 12.2. The van der Waals surface area contributed by atoms with Crippen molar-refractivity contribution in [1.29, 1.82) is 0 Å². The van der Waals surface area contributed by atoms with E-state index in [0.717, 1.165) is 32.1 Å². The van der Waals surface area contributed by atoms with Crippen molar-refractivity contribution in [1.82, 2.24) is 0 Å². The standard InChI is InChI=1S/C14H26O3/c1-5-10-17-11-12(15)14(16-4)8-6-13(2,3)7-9-14/h5-11H2,1-4H3. The molecule has 1 aliphatic carbocycles. The average molecular weight is 242 g/mol. The van der Waals surface area contributed by atoms with Crippen molar-refractivity contribution >= 4 is 5.78 Å². The number of methoxy groups -OCH3 is 1. The van der Waals surface area contributed by atoms with Gasteiger partial charge in [-0.05, 0) is 37.5 Å². The summed E-state index contributed by atoms with van der Waals surface area (Å²) in [6.45, 7) is 7.40. The summed E-state index contributed by atoms with van der Waals surface area (Å²) in [5, 5.41) is 0. The van der Waals surface area contributed by atoms with Crippen molar-refractivity contribution in [3.8, 4) is 0 Å². The lowest BCUT2D eigenvalue weighted by molar-refractivity contribution is -0.152. The summed E-state index contributed by atoms with van der Waals surface area (Å²) in [6, 6.07) is 0. The third kappa shape index (κ3) is 3.78. The summed E-state index contributed by atoms with van der Waals surface area (Å²) >= 11 is 0. The van der Waals surface area contributed by atoms with Gasteiger partial charge >= 0.3 is 0 Å². The number of rotatable bonds is 6. The molecule has 0 saturated heterocycles. The molecular weight excluding hydrogens is 216 g/mol. The van der Waals surface area contributed by atoms with Gasteiger partial charge in [0.1, 0.15) is 12.2 Å². The number of carbonyl (C=O) groups is 1. The van der Waals surface area contributed by atoms with Gasteiger partial charge in [0.25, 0.3) is 0 Å². The van der Waals surface area contributed by atoms with Crippen LogP contribution < -0.4 is 0 Å². The topological polar surface area (TPSA) is 35.5 Å². The van der Waals surface area contributed by atoms with Crippen LogP contribution >= 0.6 is 0 Å². The molecule has 1 rings (SSSR count). The molecule has 0 bridgehead atoms. The van der Waals surface area contributed by atoms with Gasteiger partial charge < -0.3 is 9.47 Å². The third-order valence-corrected chi connectivity index (χ3v) is 3.89. The Morgan fingerprint density at radius 1 is 1.18 bits per heavy atom. The van der Waals surface area contributed by atoms with Crippen LogP contribution in [0.25, 0.3) is 0 Å². The molecule has 0 aromatic carbocycles. The van der Waals surface area contributed by atoms with Gasteiger partial charge in [0.15, 0.2) is 5.78 Å². The van der Waals surface area contributed by atoms with Gasteiger partial charge in [0.05, 0.1) is 0 Å². The molecule has 0 aromatic rings. The third-order valence-electron chi connectivity index (χ3n) is 3.89. The minimum Gasteiger partial charge on any atom is -0.374 e. The molecule has 100 valence electrons. The predicted molar refractivity (Wildman–Crippen MR) is 68.1 cm³/mol. The van der Waals surface area contributed by atoms with E-state index in [0.29, 0.717) is 12.0 Å². The second kappa shape index (κ2) is 5.96. The summed E-state index contributed by atoms with van der Waals surface area (Å²) in [5.74, 6) is 0.115. The van der Waals surface area contributed by atoms with Crippen LogP contribution in [0, 0.1) is 5.41 Å². The van der Waals surface area contributed by atoms with E-state index in [1.165, 1.54) is 0 Å². The molecule has 3 nitrogen and oxygen atoms in total. The molecule has 0 N–H and O–H groups in total. The molecule has 1 aliphatic rings. The molecule has 0 aliphatic heterocycles. The number of ketones is 1. The van der Waals surface area contributed by atoms with Crippen LogP contribution in [-0.2, 0) is 14.3 Å². The van der Waals surface area contributed by atoms with Crippen molar-refractivity contribution in [2.75, 3.05) is 20.3 Å². The van der Waals surface area contributed by atoms with Crippen molar-refractivity contribution in [2.24, 2.45) is 5.41 Å². The largest absolute Gasteiger partial charge is 0.374 e. The number of hydrogen-bond donors (Lipinski definition) is 0. The van der Waals surface area contributed by atoms with Gasteiger partial charge in [-0.3, -0.25) is 4.79 Å². The van der Waals surface area contributed by atoms with E-state index < -0.39 is 5.60 Å². The molecule has 17 heavy (non-hydrogen) atoms.